The van der Waals surface area contributed by atoms with Crippen molar-refractivity contribution in [1.29, 1.82) is 0 Å². The first kappa shape index (κ1) is 20.7. The molecule has 2 N–H and O–H groups in total. The number of halogens is 4. The van der Waals surface area contributed by atoms with Crippen molar-refractivity contribution in [1.82, 2.24) is 5.32 Å². The summed E-state index contributed by atoms with van der Waals surface area (Å²) in [5, 5.41) is 1.75. The highest BCUT2D eigenvalue weighted by Crippen LogP contribution is 2.15. The van der Waals surface area contributed by atoms with Crippen molar-refractivity contribution in [2.75, 3.05) is 11.3 Å². The van der Waals surface area contributed by atoms with Crippen molar-refractivity contribution in [3.8, 4) is 0 Å². The zero-order valence-corrected chi connectivity index (χ0v) is 14.7. The molecule has 0 atom stereocenters. The van der Waals surface area contributed by atoms with Crippen molar-refractivity contribution < 1.29 is 30.8 Å². The third kappa shape index (κ3) is 7.65. The molecule has 0 fully saturated rings. The molecule has 146 valence electrons. The Morgan fingerprint density at radius 1 is 0.926 bits per heavy atom. The molecule has 2 aromatic carbocycles. The van der Waals surface area contributed by atoms with E-state index in [0.717, 1.165) is 12.1 Å². The van der Waals surface area contributed by atoms with Gasteiger partial charge in [-0.25, -0.2) is 12.8 Å². The first-order valence-corrected chi connectivity index (χ1v) is 9.35. The van der Waals surface area contributed by atoms with Crippen LogP contribution < -0.4 is 10.0 Å². The molecule has 0 radical (unpaired) electrons. The van der Waals surface area contributed by atoms with E-state index in [1.165, 1.54) is 36.4 Å². The van der Waals surface area contributed by atoms with Crippen LogP contribution in [0.2, 0.25) is 0 Å². The SMILES string of the molecule is O=C(Cc1ccc(NS(=O)(=O)Cc2ccc(F)cc2)cc1)NCC(F)(F)F. The van der Waals surface area contributed by atoms with Gasteiger partial charge in [0.15, 0.2) is 0 Å². The van der Waals surface area contributed by atoms with Gasteiger partial charge in [0.05, 0.1) is 12.2 Å². The van der Waals surface area contributed by atoms with E-state index in [9.17, 15) is 30.8 Å². The second-order valence-electron chi connectivity index (χ2n) is 5.75. The standard InChI is InChI=1S/C17H16F4N2O3S/c18-14-5-1-13(2-6-14)10-27(25,26)23-15-7-3-12(4-8-15)9-16(24)22-11-17(19,20)21/h1-8,23H,9-11H2,(H,22,24). The van der Waals surface area contributed by atoms with Gasteiger partial charge in [-0.2, -0.15) is 13.2 Å². The lowest BCUT2D eigenvalue weighted by Gasteiger charge is -2.10. The Balaban J connectivity index is 1.92. The second kappa shape index (κ2) is 8.38. The molecule has 0 saturated carbocycles. The molecule has 2 rings (SSSR count). The Bertz CT molecular complexity index is 880. The van der Waals surface area contributed by atoms with Crippen molar-refractivity contribution in [2.45, 2.75) is 18.3 Å². The van der Waals surface area contributed by atoms with E-state index in [0.29, 0.717) is 11.1 Å². The van der Waals surface area contributed by atoms with Gasteiger partial charge in [0.2, 0.25) is 15.9 Å². The molecule has 0 heterocycles. The number of amides is 1. The number of benzene rings is 2. The van der Waals surface area contributed by atoms with Gasteiger partial charge < -0.3 is 5.32 Å². The Morgan fingerprint density at radius 2 is 1.48 bits per heavy atom. The minimum Gasteiger partial charge on any atom is -0.347 e. The molecule has 0 unspecified atom stereocenters. The average molecular weight is 404 g/mol. The summed E-state index contributed by atoms with van der Waals surface area (Å²) in [5.74, 6) is -1.62. The van der Waals surface area contributed by atoms with Crippen molar-refractivity contribution >= 4 is 21.6 Å². The summed E-state index contributed by atoms with van der Waals surface area (Å²) in [6.45, 7) is -1.41. The molecule has 0 aromatic heterocycles. The van der Waals surface area contributed by atoms with Crippen LogP contribution in [0.5, 0.6) is 0 Å². The van der Waals surface area contributed by atoms with Crippen molar-refractivity contribution in [3.05, 3.63) is 65.5 Å². The summed E-state index contributed by atoms with van der Waals surface area (Å²) >= 11 is 0. The number of hydrogen-bond acceptors (Lipinski definition) is 3. The minimum atomic E-state index is -4.48. The monoisotopic (exact) mass is 404 g/mol. The molecule has 1 amide bonds. The molecular formula is C17H16F4N2O3S. The zero-order chi connectivity index (χ0) is 20.1. The third-order valence-corrected chi connectivity index (χ3v) is 4.61. The van der Waals surface area contributed by atoms with E-state index in [1.807, 2.05) is 0 Å². The van der Waals surface area contributed by atoms with Gasteiger partial charge in [-0.3, -0.25) is 9.52 Å². The van der Waals surface area contributed by atoms with Gasteiger partial charge in [0.25, 0.3) is 0 Å². The van der Waals surface area contributed by atoms with E-state index in [-0.39, 0.29) is 17.9 Å². The lowest BCUT2D eigenvalue weighted by molar-refractivity contribution is -0.138. The Labute approximate surface area is 153 Å². The van der Waals surface area contributed by atoms with Gasteiger partial charge >= 0.3 is 6.18 Å². The smallest absolute Gasteiger partial charge is 0.347 e. The highest BCUT2D eigenvalue weighted by molar-refractivity contribution is 7.91. The zero-order valence-electron chi connectivity index (χ0n) is 13.9. The number of nitrogens with one attached hydrogen (secondary N) is 2. The van der Waals surface area contributed by atoms with E-state index >= 15 is 0 Å². The van der Waals surface area contributed by atoms with Crippen LogP contribution in [0.4, 0.5) is 23.2 Å². The van der Waals surface area contributed by atoms with Crippen LogP contribution in [-0.4, -0.2) is 27.0 Å². The number of hydrogen-bond donors (Lipinski definition) is 2. The van der Waals surface area contributed by atoms with Crippen LogP contribution in [0.25, 0.3) is 0 Å². The van der Waals surface area contributed by atoms with E-state index in [4.69, 9.17) is 0 Å². The molecule has 0 bridgehead atoms. The van der Waals surface area contributed by atoms with Crippen LogP contribution in [0.15, 0.2) is 48.5 Å². The van der Waals surface area contributed by atoms with Crippen LogP contribution in [0, 0.1) is 5.82 Å². The molecule has 0 aliphatic rings. The number of carbonyl (C=O) groups is 1. The predicted octanol–water partition coefficient (Wildman–Crippen LogP) is 2.99. The van der Waals surface area contributed by atoms with Gasteiger partial charge in [-0.05, 0) is 35.4 Å². The quantitative estimate of drug-likeness (QED) is 0.697. The highest BCUT2D eigenvalue weighted by atomic mass is 32.2. The summed E-state index contributed by atoms with van der Waals surface area (Å²) in [6.07, 6.45) is -4.75. The maximum absolute atomic E-state index is 12.9. The van der Waals surface area contributed by atoms with Crippen molar-refractivity contribution in [2.24, 2.45) is 0 Å². The number of carbonyl (C=O) groups excluding carboxylic acids is 1. The molecule has 0 spiro atoms. The molecule has 0 aliphatic carbocycles. The first-order chi connectivity index (χ1) is 12.5. The fourth-order valence-electron chi connectivity index (χ4n) is 2.15. The molecule has 0 saturated heterocycles. The normalized spacial score (nSPS) is 11.9. The highest BCUT2D eigenvalue weighted by Gasteiger charge is 2.27. The van der Waals surface area contributed by atoms with E-state index < -0.39 is 34.5 Å². The van der Waals surface area contributed by atoms with Gasteiger partial charge in [-0.15, -0.1) is 0 Å². The third-order valence-electron chi connectivity index (χ3n) is 3.35. The first-order valence-electron chi connectivity index (χ1n) is 7.70. The lowest BCUT2D eigenvalue weighted by atomic mass is 10.1. The maximum atomic E-state index is 12.9. The molecule has 2 aromatic rings. The number of rotatable bonds is 7. The number of sulfonamides is 1. The fraction of sp³-hybridized carbons (Fsp3) is 0.235. The fourth-order valence-corrected chi connectivity index (χ4v) is 3.35. The molecule has 10 heteroatoms. The van der Waals surface area contributed by atoms with Crippen LogP contribution in [0.1, 0.15) is 11.1 Å². The molecule has 5 nitrogen and oxygen atoms in total. The van der Waals surface area contributed by atoms with Gasteiger partial charge in [-0.1, -0.05) is 24.3 Å². The Kier molecular flexibility index (Phi) is 6.42. The average Bonchev–Trinajstić information content (AvgIpc) is 2.56. The summed E-state index contributed by atoms with van der Waals surface area (Å²) in [6, 6.07) is 10.7. The predicted molar refractivity (Wildman–Crippen MR) is 91.9 cm³/mol. The summed E-state index contributed by atoms with van der Waals surface area (Å²) in [5.41, 5.74) is 1.06. The Morgan fingerprint density at radius 3 is 2.04 bits per heavy atom. The number of anilines is 1. The summed E-state index contributed by atoms with van der Waals surface area (Å²) in [4.78, 5) is 11.5. The second-order valence-corrected chi connectivity index (χ2v) is 7.48. The van der Waals surface area contributed by atoms with Crippen LogP contribution >= 0.6 is 0 Å². The van der Waals surface area contributed by atoms with Gasteiger partial charge in [0.1, 0.15) is 12.4 Å². The lowest BCUT2D eigenvalue weighted by Crippen LogP contribution is -2.34. The molecule has 0 aliphatic heterocycles. The summed E-state index contributed by atoms with van der Waals surface area (Å²) in [7, 11) is -3.74. The van der Waals surface area contributed by atoms with E-state index in [1.54, 1.807) is 5.32 Å². The van der Waals surface area contributed by atoms with Crippen LogP contribution in [-0.2, 0) is 27.0 Å². The largest absolute Gasteiger partial charge is 0.405 e. The minimum absolute atomic E-state index is 0.233. The van der Waals surface area contributed by atoms with Gasteiger partial charge in [0, 0.05) is 5.69 Å². The summed E-state index contributed by atoms with van der Waals surface area (Å²) < 4.78 is 75.6. The van der Waals surface area contributed by atoms with Crippen molar-refractivity contribution in [3.63, 3.8) is 0 Å². The molecular weight excluding hydrogens is 388 g/mol. The van der Waals surface area contributed by atoms with E-state index in [2.05, 4.69) is 4.72 Å². The molecule has 27 heavy (non-hydrogen) atoms. The topological polar surface area (TPSA) is 75.3 Å². The van der Waals surface area contributed by atoms with Crippen LogP contribution in [0.3, 0.4) is 0 Å². The Hall–Kier alpha value is -2.62. The maximum Gasteiger partial charge on any atom is 0.405 e. The number of alkyl halides is 3.